The van der Waals surface area contributed by atoms with Crippen molar-refractivity contribution in [2.24, 2.45) is 11.3 Å². The summed E-state index contributed by atoms with van der Waals surface area (Å²) in [6, 6.07) is 2.92. The van der Waals surface area contributed by atoms with E-state index in [9.17, 15) is 32.7 Å². The molecule has 1 aromatic carbocycles. The van der Waals surface area contributed by atoms with Crippen LogP contribution in [0.3, 0.4) is 0 Å². The molecule has 4 unspecified atom stereocenters. The number of benzene rings is 1. The number of anilines is 1. The van der Waals surface area contributed by atoms with Crippen LogP contribution < -0.4 is 10.6 Å². The minimum Gasteiger partial charge on any atom is -0.479 e. The number of carbonyl (C=O) groups is 3. The van der Waals surface area contributed by atoms with E-state index in [1.165, 1.54) is 17.0 Å². The highest BCUT2D eigenvalue weighted by atomic mass is 19.4. The predicted molar refractivity (Wildman–Crippen MR) is 120 cm³/mol. The number of carbonyl (C=O) groups excluding carboxylic acids is 2. The van der Waals surface area contributed by atoms with Crippen molar-refractivity contribution in [3.8, 4) is 0 Å². The molecular weight excluding hydrogens is 451 g/mol. The summed E-state index contributed by atoms with van der Waals surface area (Å²) in [6.07, 6.45) is -2.58. The molecule has 0 aromatic heterocycles. The van der Waals surface area contributed by atoms with Gasteiger partial charge in [-0.2, -0.15) is 13.2 Å². The van der Waals surface area contributed by atoms with Gasteiger partial charge < -0.3 is 20.6 Å². The second-order valence-electron chi connectivity index (χ2n) is 10.3. The lowest BCUT2D eigenvalue weighted by molar-refractivity contribution is -0.146. The molecule has 1 aromatic rings. The van der Waals surface area contributed by atoms with Crippen LogP contribution in [0.2, 0.25) is 0 Å². The van der Waals surface area contributed by atoms with Gasteiger partial charge in [0.2, 0.25) is 11.8 Å². The predicted octanol–water partition coefficient (Wildman–Crippen LogP) is 3.89. The monoisotopic (exact) mass is 483 g/mol. The van der Waals surface area contributed by atoms with Crippen LogP contribution in [0.25, 0.3) is 0 Å². The summed E-state index contributed by atoms with van der Waals surface area (Å²) in [5.74, 6) is -2.14. The molecule has 7 nitrogen and oxygen atoms in total. The van der Waals surface area contributed by atoms with Gasteiger partial charge in [-0.1, -0.05) is 40.2 Å². The van der Waals surface area contributed by atoms with Crippen molar-refractivity contribution in [3.05, 3.63) is 29.8 Å². The van der Waals surface area contributed by atoms with Gasteiger partial charge >= 0.3 is 12.1 Å². The molecule has 2 fully saturated rings. The Morgan fingerprint density at radius 1 is 1.24 bits per heavy atom. The smallest absolute Gasteiger partial charge is 0.416 e. The Hall–Kier alpha value is -2.78. The standard InChI is InChI=1S/C24H32F3N3O4/c1-5-14-13-23(14,21(33)34)29-19(31)17-10-7-11-30(17)20(32)18(22(2,3)4)28-16-9-6-8-15(12-16)24(25,26)27/h6,8-9,12,14,17-18,28H,5,7,10-11,13H2,1-4H3,(H,29,31)(H,33,34). The first-order valence-electron chi connectivity index (χ1n) is 11.5. The fourth-order valence-corrected chi connectivity index (χ4v) is 4.66. The molecule has 4 atom stereocenters. The van der Waals surface area contributed by atoms with Crippen LogP contribution in [-0.4, -0.2) is 52.0 Å². The number of nitrogens with one attached hydrogen (secondary N) is 2. The summed E-state index contributed by atoms with van der Waals surface area (Å²) in [5.41, 5.74) is -2.65. The molecule has 2 aliphatic rings. The van der Waals surface area contributed by atoms with E-state index in [-0.39, 0.29) is 11.6 Å². The van der Waals surface area contributed by atoms with Crippen molar-refractivity contribution >= 4 is 23.5 Å². The van der Waals surface area contributed by atoms with Crippen molar-refractivity contribution in [2.75, 3.05) is 11.9 Å². The second-order valence-corrected chi connectivity index (χ2v) is 10.3. The molecule has 2 amide bonds. The number of hydrogen-bond acceptors (Lipinski definition) is 4. The van der Waals surface area contributed by atoms with Crippen molar-refractivity contribution < 1.29 is 32.7 Å². The van der Waals surface area contributed by atoms with Crippen molar-refractivity contribution in [2.45, 2.75) is 77.2 Å². The van der Waals surface area contributed by atoms with Crippen LogP contribution in [0.1, 0.15) is 58.9 Å². The molecule has 34 heavy (non-hydrogen) atoms. The Morgan fingerprint density at radius 2 is 1.91 bits per heavy atom. The molecule has 1 aliphatic heterocycles. The Kier molecular flexibility index (Phi) is 6.92. The summed E-state index contributed by atoms with van der Waals surface area (Å²) in [5, 5.41) is 15.2. The van der Waals surface area contributed by atoms with Gasteiger partial charge in [-0.05, 0) is 48.8 Å². The molecule has 1 saturated heterocycles. The number of carboxylic acids is 1. The topological polar surface area (TPSA) is 98.7 Å². The molecule has 3 rings (SSSR count). The van der Waals surface area contributed by atoms with E-state index in [0.717, 1.165) is 12.1 Å². The maximum Gasteiger partial charge on any atom is 0.416 e. The zero-order valence-corrected chi connectivity index (χ0v) is 19.8. The Bertz CT molecular complexity index is 960. The summed E-state index contributed by atoms with van der Waals surface area (Å²) in [6.45, 7) is 7.54. The lowest BCUT2D eigenvalue weighted by atomic mass is 9.85. The fourth-order valence-electron chi connectivity index (χ4n) is 4.66. The lowest BCUT2D eigenvalue weighted by Crippen LogP contribution is -2.56. The van der Waals surface area contributed by atoms with Crippen LogP contribution in [0, 0.1) is 11.3 Å². The van der Waals surface area contributed by atoms with E-state index >= 15 is 0 Å². The number of nitrogens with zero attached hydrogens (tertiary/aromatic N) is 1. The van der Waals surface area contributed by atoms with Crippen LogP contribution in [0.15, 0.2) is 24.3 Å². The highest BCUT2D eigenvalue weighted by Gasteiger charge is 2.61. The first-order chi connectivity index (χ1) is 15.7. The van der Waals surface area contributed by atoms with E-state index in [2.05, 4.69) is 10.6 Å². The number of halogens is 3. The number of likely N-dealkylation sites (tertiary alicyclic amines) is 1. The third kappa shape index (κ3) is 5.15. The Morgan fingerprint density at radius 3 is 2.44 bits per heavy atom. The average Bonchev–Trinajstić information content (AvgIpc) is 3.23. The number of carboxylic acid groups (broad SMARTS) is 1. The first kappa shape index (κ1) is 25.8. The Balaban J connectivity index is 1.80. The van der Waals surface area contributed by atoms with Crippen LogP contribution in [0.5, 0.6) is 0 Å². The third-order valence-corrected chi connectivity index (χ3v) is 6.78. The normalized spacial score (nSPS) is 25.6. The van der Waals surface area contributed by atoms with Gasteiger partial charge in [0.15, 0.2) is 0 Å². The third-order valence-electron chi connectivity index (χ3n) is 6.78. The molecule has 0 bridgehead atoms. The van der Waals surface area contributed by atoms with Crippen molar-refractivity contribution in [1.82, 2.24) is 10.2 Å². The SMILES string of the molecule is CCC1CC1(NC(=O)C1CCCN1C(=O)C(Nc1cccc(C(F)(F)F)c1)C(C)(C)C)C(=O)O. The minimum atomic E-state index is -4.52. The molecular formula is C24H32F3N3O4. The van der Waals surface area contributed by atoms with Crippen LogP contribution >= 0.6 is 0 Å². The molecule has 3 N–H and O–H groups in total. The molecule has 1 saturated carbocycles. The average molecular weight is 484 g/mol. The van der Waals surface area contributed by atoms with Crippen molar-refractivity contribution in [3.63, 3.8) is 0 Å². The van der Waals surface area contributed by atoms with Gasteiger partial charge in [0, 0.05) is 12.2 Å². The minimum absolute atomic E-state index is 0.149. The van der Waals surface area contributed by atoms with E-state index < -0.39 is 52.6 Å². The first-order valence-corrected chi connectivity index (χ1v) is 11.5. The van der Waals surface area contributed by atoms with Gasteiger partial charge in [-0.3, -0.25) is 9.59 Å². The number of alkyl halides is 3. The molecule has 188 valence electrons. The van der Waals surface area contributed by atoms with E-state index in [1.54, 1.807) is 20.8 Å². The molecule has 1 heterocycles. The molecule has 0 radical (unpaired) electrons. The summed E-state index contributed by atoms with van der Waals surface area (Å²) in [4.78, 5) is 39.8. The largest absolute Gasteiger partial charge is 0.479 e. The lowest BCUT2D eigenvalue weighted by Gasteiger charge is -2.36. The van der Waals surface area contributed by atoms with E-state index in [4.69, 9.17) is 0 Å². The Labute approximate surface area is 197 Å². The number of rotatable bonds is 7. The van der Waals surface area contributed by atoms with E-state index in [0.29, 0.717) is 32.2 Å². The maximum atomic E-state index is 13.6. The zero-order chi connectivity index (χ0) is 25.5. The highest BCUT2D eigenvalue weighted by Crippen LogP contribution is 2.46. The summed E-state index contributed by atoms with van der Waals surface area (Å²) in [7, 11) is 0. The van der Waals surface area contributed by atoms with E-state index in [1.807, 2.05) is 6.92 Å². The number of amides is 2. The fraction of sp³-hybridized carbons (Fsp3) is 0.625. The molecule has 10 heteroatoms. The highest BCUT2D eigenvalue weighted by molar-refractivity contribution is 5.96. The van der Waals surface area contributed by atoms with Crippen LogP contribution in [-0.2, 0) is 20.6 Å². The quantitative estimate of drug-likeness (QED) is 0.547. The van der Waals surface area contributed by atoms with Gasteiger partial charge in [-0.15, -0.1) is 0 Å². The molecule has 1 aliphatic carbocycles. The van der Waals surface area contributed by atoms with Crippen LogP contribution in [0.4, 0.5) is 18.9 Å². The molecule has 0 spiro atoms. The zero-order valence-electron chi connectivity index (χ0n) is 19.8. The van der Waals surface area contributed by atoms with Gasteiger partial charge in [0.25, 0.3) is 0 Å². The van der Waals surface area contributed by atoms with Gasteiger partial charge in [0.1, 0.15) is 17.6 Å². The number of aliphatic carboxylic acids is 1. The summed E-state index contributed by atoms with van der Waals surface area (Å²) < 4.78 is 39.4. The summed E-state index contributed by atoms with van der Waals surface area (Å²) >= 11 is 0. The second kappa shape index (κ2) is 9.11. The van der Waals surface area contributed by atoms with Gasteiger partial charge in [-0.25, -0.2) is 4.79 Å². The van der Waals surface area contributed by atoms with Crippen molar-refractivity contribution in [1.29, 1.82) is 0 Å². The number of hydrogen-bond donors (Lipinski definition) is 3. The van der Waals surface area contributed by atoms with Gasteiger partial charge in [0.05, 0.1) is 5.56 Å². The maximum absolute atomic E-state index is 13.6.